The van der Waals surface area contributed by atoms with Gasteiger partial charge in [0.2, 0.25) is 5.95 Å². The molecule has 8 heteroatoms. The number of rotatable bonds is 9. The van der Waals surface area contributed by atoms with Gasteiger partial charge in [0, 0.05) is 42.8 Å². The van der Waals surface area contributed by atoms with E-state index in [9.17, 15) is 13.6 Å². The number of alkyl halides is 2. The van der Waals surface area contributed by atoms with Crippen molar-refractivity contribution in [2.24, 2.45) is 4.99 Å². The van der Waals surface area contributed by atoms with Crippen molar-refractivity contribution < 1.29 is 8.78 Å². The molecule has 4 rings (SSSR count). The minimum atomic E-state index is -2.93. The highest BCUT2D eigenvalue weighted by Crippen LogP contribution is 2.40. The zero-order valence-corrected chi connectivity index (χ0v) is 18.8. The molecule has 0 saturated heterocycles. The van der Waals surface area contributed by atoms with Crippen molar-refractivity contribution in [1.29, 1.82) is 0 Å². The first-order valence-corrected chi connectivity index (χ1v) is 10.9. The molecule has 2 aromatic heterocycles. The molecule has 0 amide bonds. The summed E-state index contributed by atoms with van der Waals surface area (Å²) in [6.45, 7) is 7.70. The van der Waals surface area contributed by atoms with E-state index < -0.39 is 12.5 Å². The molecule has 0 bridgehead atoms. The standard InChI is InChI=1S/C26H25F2N5O/c1-4-29-13-5-6-17(2)33-15-21-14-30-25(31-16-26(3,27)28)32-23(21)22(24(33)34)20-11-9-19(10-12-20)18-7-8-18/h4-6,9-15,18H,1-2,7-8,16H2,3H3,(H,31,32)/b6-5-,29-13?. The van der Waals surface area contributed by atoms with Gasteiger partial charge in [-0.3, -0.25) is 14.4 Å². The van der Waals surface area contributed by atoms with Crippen LogP contribution in [0.25, 0.3) is 27.7 Å². The van der Waals surface area contributed by atoms with Gasteiger partial charge in [0.1, 0.15) is 0 Å². The minimum absolute atomic E-state index is 0.0291. The fourth-order valence-electron chi connectivity index (χ4n) is 3.58. The number of fused-ring (bicyclic) bond motifs is 1. The second-order valence-electron chi connectivity index (χ2n) is 8.33. The summed E-state index contributed by atoms with van der Waals surface area (Å²) in [6, 6.07) is 7.85. The Morgan fingerprint density at radius 2 is 2.06 bits per heavy atom. The van der Waals surface area contributed by atoms with Gasteiger partial charge in [-0.2, -0.15) is 0 Å². The summed E-state index contributed by atoms with van der Waals surface area (Å²) in [5, 5.41) is 3.13. The van der Waals surface area contributed by atoms with Crippen molar-refractivity contribution in [3.05, 3.63) is 84.1 Å². The Hall–Kier alpha value is -3.94. The molecule has 0 spiro atoms. The highest BCUT2D eigenvalue weighted by Gasteiger charge is 2.24. The predicted octanol–water partition coefficient (Wildman–Crippen LogP) is 5.64. The second kappa shape index (κ2) is 9.51. The van der Waals surface area contributed by atoms with Crippen LogP contribution in [0.15, 0.2) is 78.0 Å². The summed E-state index contributed by atoms with van der Waals surface area (Å²) in [5.74, 6) is -2.32. The lowest BCUT2D eigenvalue weighted by atomic mass is 10.0. The average molecular weight is 462 g/mol. The Bertz CT molecular complexity index is 1350. The molecule has 6 nitrogen and oxygen atoms in total. The monoisotopic (exact) mass is 461 g/mol. The van der Waals surface area contributed by atoms with Crippen LogP contribution in [0, 0.1) is 0 Å². The van der Waals surface area contributed by atoms with Crippen molar-refractivity contribution in [2.75, 3.05) is 11.9 Å². The number of aromatic nitrogens is 3. The molecule has 1 fully saturated rings. The van der Waals surface area contributed by atoms with E-state index in [2.05, 4.69) is 33.4 Å². The number of hydrogen-bond acceptors (Lipinski definition) is 5. The van der Waals surface area contributed by atoms with Gasteiger partial charge >= 0.3 is 0 Å². The molecule has 0 unspecified atom stereocenters. The maximum absolute atomic E-state index is 13.6. The van der Waals surface area contributed by atoms with Gasteiger partial charge in [-0.05, 0) is 42.0 Å². The third-order valence-electron chi connectivity index (χ3n) is 5.44. The predicted molar refractivity (Wildman–Crippen MR) is 133 cm³/mol. The number of pyridine rings is 1. The molecule has 1 aliphatic rings. The molecular formula is C26H25F2N5O. The number of anilines is 1. The summed E-state index contributed by atoms with van der Waals surface area (Å²) in [4.78, 5) is 26.1. The number of benzene rings is 1. The summed E-state index contributed by atoms with van der Waals surface area (Å²) >= 11 is 0. The number of nitrogens with one attached hydrogen (secondary N) is 1. The highest BCUT2D eigenvalue weighted by molar-refractivity contribution is 5.93. The molecule has 0 atom stereocenters. The Labute approximate surface area is 196 Å². The molecule has 3 aromatic rings. The van der Waals surface area contributed by atoms with Crippen LogP contribution in [0.5, 0.6) is 0 Å². The van der Waals surface area contributed by atoms with Gasteiger partial charge in [-0.1, -0.05) is 37.4 Å². The van der Waals surface area contributed by atoms with E-state index >= 15 is 0 Å². The van der Waals surface area contributed by atoms with Gasteiger partial charge in [-0.25, -0.2) is 18.7 Å². The van der Waals surface area contributed by atoms with E-state index in [4.69, 9.17) is 0 Å². The van der Waals surface area contributed by atoms with E-state index in [-0.39, 0.29) is 11.5 Å². The number of halogens is 2. The summed E-state index contributed by atoms with van der Waals surface area (Å²) < 4.78 is 28.1. The highest BCUT2D eigenvalue weighted by atomic mass is 19.3. The van der Waals surface area contributed by atoms with Crippen molar-refractivity contribution in [3.8, 4) is 11.1 Å². The third-order valence-corrected chi connectivity index (χ3v) is 5.44. The minimum Gasteiger partial charge on any atom is -0.348 e. The fraction of sp³-hybridized carbons (Fsp3) is 0.231. The van der Waals surface area contributed by atoms with Gasteiger partial charge < -0.3 is 5.32 Å². The zero-order chi connectivity index (χ0) is 24.3. The summed E-state index contributed by atoms with van der Waals surface area (Å²) in [7, 11) is 0. The molecule has 1 aliphatic carbocycles. The zero-order valence-electron chi connectivity index (χ0n) is 18.8. The van der Waals surface area contributed by atoms with Crippen LogP contribution in [0.2, 0.25) is 0 Å². The lowest BCUT2D eigenvalue weighted by Crippen LogP contribution is -2.24. The number of nitrogens with zero attached hydrogens (tertiary/aromatic N) is 4. The van der Waals surface area contributed by atoms with Gasteiger partial charge in [0.25, 0.3) is 11.5 Å². The molecule has 174 valence electrons. The van der Waals surface area contributed by atoms with E-state index in [0.29, 0.717) is 33.6 Å². The van der Waals surface area contributed by atoms with E-state index in [1.54, 1.807) is 18.3 Å². The van der Waals surface area contributed by atoms with E-state index in [1.807, 2.05) is 24.3 Å². The molecule has 34 heavy (non-hydrogen) atoms. The molecule has 1 saturated carbocycles. The maximum Gasteiger partial charge on any atom is 0.265 e. The normalized spacial score (nSPS) is 14.2. The summed E-state index contributed by atoms with van der Waals surface area (Å²) in [6.07, 6.45) is 11.7. The van der Waals surface area contributed by atoms with Crippen LogP contribution in [-0.2, 0) is 0 Å². The number of hydrogen-bond donors (Lipinski definition) is 1. The molecular weight excluding hydrogens is 436 g/mol. The van der Waals surface area contributed by atoms with Crippen molar-refractivity contribution in [1.82, 2.24) is 14.5 Å². The Morgan fingerprint density at radius 1 is 1.32 bits per heavy atom. The van der Waals surface area contributed by atoms with Crippen LogP contribution in [-0.4, -0.2) is 33.2 Å². The lowest BCUT2D eigenvalue weighted by Gasteiger charge is -2.14. The fourth-order valence-corrected chi connectivity index (χ4v) is 3.58. The van der Waals surface area contributed by atoms with Crippen LogP contribution in [0.3, 0.4) is 0 Å². The van der Waals surface area contributed by atoms with Gasteiger partial charge in [0.05, 0.1) is 17.6 Å². The molecule has 1 aromatic carbocycles. The first-order chi connectivity index (χ1) is 16.3. The molecule has 1 N–H and O–H groups in total. The smallest absolute Gasteiger partial charge is 0.265 e. The largest absolute Gasteiger partial charge is 0.348 e. The van der Waals surface area contributed by atoms with E-state index in [1.165, 1.54) is 41.6 Å². The third kappa shape index (κ3) is 5.33. The maximum atomic E-state index is 13.6. The van der Waals surface area contributed by atoms with Gasteiger partial charge in [0.15, 0.2) is 0 Å². The Balaban J connectivity index is 1.83. The topological polar surface area (TPSA) is 72.2 Å². The van der Waals surface area contributed by atoms with Crippen molar-refractivity contribution in [3.63, 3.8) is 0 Å². The molecule has 0 aliphatic heterocycles. The average Bonchev–Trinajstić information content (AvgIpc) is 3.65. The number of allylic oxidation sites excluding steroid dienone is 3. The Morgan fingerprint density at radius 3 is 2.71 bits per heavy atom. The van der Waals surface area contributed by atoms with E-state index in [0.717, 1.165) is 6.92 Å². The molecule has 0 radical (unpaired) electrons. The lowest BCUT2D eigenvalue weighted by molar-refractivity contribution is 0.0366. The van der Waals surface area contributed by atoms with Gasteiger partial charge in [-0.15, -0.1) is 0 Å². The quantitative estimate of drug-likeness (QED) is 0.330. The molecule has 2 heterocycles. The first kappa shape index (κ1) is 23.2. The van der Waals surface area contributed by atoms with Crippen LogP contribution in [0.1, 0.15) is 31.2 Å². The SMILES string of the molecule is C=CN=C/C=C\C(=C)n1cc2cnc(NCC(C)(F)F)nc2c(-c2ccc(C3CC3)cc2)c1=O. The van der Waals surface area contributed by atoms with Crippen LogP contribution < -0.4 is 10.9 Å². The first-order valence-electron chi connectivity index (χ1n) is 10.9. The Kier molecular flexibility index (Phi) is 6.49. The summed E-state index contributed by atoms with van der Waals surface area (Å²) in [5.41, 5.74) is 2.74. The van der Waals surface area contributed by atoms with Crippen molar-refractivity contribution >= 4 is 28.8 Å². The van der Waals surface area contributed by atoms with Crippen LogP contribution >= 0.6 is 0 Å². The van der Waals surface area contributed by atoms with Crippen LogP contribution in [0.4, 0.5) is 14.7 Å². The second-order valence-corrected chi connectivity index (χ2v) is 8.33. The number of aliphatic imine (C=N–C) groups is 1. The van der Waals surface area contributed by atoms with Crippen molar-refractivity contribution in [2.45, 2.75) is 31.6 Å².